The summed E-state index contributed by atoms with van der Waals surface area (Å²) >= 11 is 0. The molecule has 2 aromatic heterocycles. The average molecular weight is 391 g/mol. The molecule has 5 nitrogen and oxygen atoms in total. The van der Waals surface area contributed by atoms with Crippen molar-refractivity contribution in [2.45, 2.75) is 26.9 Å². The fourth-order valence-corrected chi connectivity index (χ4v) is 3.19. The Morgan fingerprint density at radius 3 is 2.57 bits per heavy atom. The summed E-state index contributed by atoms with van der Waals surface area (Å²) in [7, 11) is 1.65. The molecule has 1 aromatic carbocycles. The molecule has 3 aromatic rings. The molecular weight excluding hydrogens is 371 g/mol. The van der Waals surface area contributed by atoms with Gasteiger partial charge in [0.25, 0.3) is 11.6 Å². The summed E-state index contributed by atoms with van der Waals surface area (Å²) in [6.45, 7) is 6.11. The van der Waals surface area contributed by atoms with Crippen molar-refractivity contribution < 1.29 is 22.5 Å². The van der Waals surface area contributed by atoms with E-state index in [0.717, 1.165) is 6.07 Å². The number of nitrogens with zero attached hydrogens (tertiary/aromatic N) is 3. The third-order valence-electron chi connectivity index (χ3n) is 4.34. The van der Waals surface area contributed by atoms with Crippen LogP contribution in [0.5, 0.6) is 0 Å². The summed E-state index contributed by atoms with van der Waals surface area (Å²) < 4.78 is 45.5. The van der Waals surface area contributed by atoms with E-state index in [1.54, 1.807) is 14.0 Å². The first kappa shape index (κ1) is 19.9. The number of carbonyl (C=O) groups excluding carboxylic acids is 1. The van der Waals surface area contributed by atoms with E-state index in [0.29, 0.717) is 17.6 Å². The summed E-state index contributed by atoms with van der Waals surface area (Å²) in [5, 5.41) is 4.25. The van der Waals surface area contributed by atoms with Crippen molar-refractivity contribution in [3.05, 3.63) is 47.2 Å². The number of carbonyl (C=O) groups is 1. The second-order valence-corrected chi connectivity index (χ2v) is 7.13. The standard InChI is InChI=1S/C20H20F3N3O2/c1-11(2)10-26(4)19(27)14-9-16(24-18-17(14)12(3)25-28-18)13-7-5-6-8-15(13)20(21,22)23/h5-9,11H,10H2,1-4H3. The number of benzene rings is 1. The maximum Gasteiger partial charge on any atom is 0.417 e. The Morgan fingerprint density at radius 1 is 1.25 bits per heavy atom. The number of pyridine rings is 1. The lowest BCUT2D eigenvalue weighted by molar-refractivity contribution is -0.137. The second kappa shape index (κ2) is 7.26. The van der Waals surface area contributed by atoms with Crippen molar-refractivity contribution in [3.8, 4) is 11.3 Å². The quantitative estimate of drug-likeness (QED) is 0.632. The van der Waals surface area contributed by atoms with E-state index in [9.17, 15) is 18.0 Å². The number of rotatable bonds is 4. The van der Waals surface area contributed by atoms with E-state index < -0.39 is 11.7 Å². The predicted octanol–water partition coefficient (Wildman–Crippen LogP) is 4.95. The van der Waals surface area contributed by atoms with Crippen molar-refractivity contribution in [3.63, 3.8) is 0 Å². The molecule has 0 aliphatic carbocycles. The molecule has 148 valence electrons. The Bertz CT molecular complexity index is 1030. The van der Waals surface area contributed by atoms with Gasteiger partial charge in [0.15, 0.2) is 0 Å². The first-order valence-corrected chi connectivity index (χ1v) is 8.78. The largest absolute Gasteiger partial charge is 0.417 e. The molecule has 8 heteroatoms. The highest BCUT2D eigenvalue weighted by atomic mass is 19.4. The highest BCUT2D eigenvalue weighted by molar-refractivity contribution is 6.07. The topological polar surface area (TPSA) is 59.2 Å². The Labute approximate surface area is 160 Å². The monoisotopic (exact) mass is 391 g/mol. The first-order valence-electron chi connectivity index (χ1n) is 8.78. The number of alkyl halides is 3. The highest BCUT2D eigenvalue weighted by Crippen LogP contribution is 2.37. The van der Waals surface area contributed by atoms with Gasteiger partial charge >= 0.3 is 6.18 Å². The molecule has 0 N–H and O–H groups in total. The molecule has 0 fully saturated rings. The molecule has 2 heterocycles. The molecule has 28 heavy (non-hydrogen) atoms. The third kappa shape index (κ3) is 3.72. The van der Waals surface area contributed by atoms with Crippen LogP contribution in [0.25, 0.3) is 22.4 Å². The molecule has 0 atom stereocenters. The lowest BCUT2D eigenvalue weighted by Gasteiger charge is -2.20. The van der Waals surface area contributed by atoms with Crippen LogP contribution in [0, 0.1) is 12.8 Å². The van der Waals surface area contributed by atoms with Crippen LogP contribution in [-0.2, 0) is 6.18 Å². The van der Waals surface area contributed by atoms with E-state index in [4.69, 9.17) is 4.52 Å². The normalized spacial score (nSPS) is 12.0. The third-order valence-corrected chi connectivity index (χ3v) is 4.34. The molecular formula is C20H20F3N3O2. The number of aryl methyl sites for hydroxylation is 1. The fourth-order valence-electron chi connectivity index (χ4n) is 3.19. The molecule has 0 aliphatic heterocycles. The van der Waals surface area contributed by atoms with Crippen LogP contribution in [0.4, 0.5) is 13.2 Å². The lowest BCUT2D eigenvalue weighted by Crippen LogP contribution is -2.30. The molecule has 0 aliphatic rings. The number of amides is 1. The van der Waals surface area contributed by atoms with Gasteiger partial charge in [-0.15, -0.1) is 0 Å². The molecule has 0 saturated carbocycles. The Balaban J connectivity index is 2.22. The molecule has 0 bridgehead atoms. The van der Waals surface area contributed by atoms with Gasteiger partial charge in [0, 0.05) is 19.2 Å². The van der Waals surface area contributed by atoms with E-state index in [-0.39, 0.29) is 34.4 Å². The van der Waals surface area contributed by atoms with E-state index in [1.807, 2.05) is 13.8 Å². The van der Waals surface area contributed by atoms with Crippen LogP contribution in [0.1, 0.15) is 35.5 Å². The van der Waals surface area contributed by atoms with Crippen LogP contribution < -0.4 is 0 Å². The van der Waals surface area contributed by atoms with Gasteiger partial charge in [-0.25, -0.2) is 4.98 Å². The summed E-state index contributed by atoms with van der Waals surface area (Å²) in [6.07, 6.45) is -4.55. The zero-order chi connectivity index (χ0) is 20.6. The average Bonchev–Trinajstić information content (AvgIpc) is 3.00. The number of halogens is 3. The van der Waals surface area contributed by atoms with E-state index >= 15 is 0 Å². The summed E-state index contributed by atoms with van der Waals surface area (Å²) in [4.78, 5) is 18.8. The maximum absolute atomic E-state index is 13.4. The predicted molar refractivity (Wildman–Crippen MR) is 98.8 cm³/mol. The van der Waals surface area contributed by atoms with Crippen molar-refractivity contribution in [2.24, 2.45) is 5.92 Å². The molecule has 1 amide bonds. The molecule has 0 unspecified atom stereocenters. The second-order valence-electron chi connectivity index (χ2n) is 7.13. The Morgan fingerprint density at radius 2 is 1.93 bits per heavy atom. The number of fused-ring (bicyclic) bond motifs is 1. The maximum atomic E-state index is 13.4. The van der Waals surface area contributed by atoms with Crippen molar-refractivity contribution in [1.82, 2.24) is 15.0 Å². The van der Waals surface area contributed by atoms with E-state index in [2.05, 4.69) is 10.1 Å². The number of hydrogen-bond donors (Lipinski definition) is 0. The van der Waals surface area contributed by atoms with Gasteiger partial charge in [0.05, 0.1) is 27.9 Å². The van der Waals surface area contributed by atoms with Gasteiger partial charge in [-0.1, -0.05) is 37.2 Å². The van der Waals surface area contributed by atoms with Crippen LogP contribution >= 0.6 is 0 Å². The fraction of sp³-hybridized carbons (Fsp3) is 0.350. The SMILES string of the molecule is Cc1noc2nc(-c3ccccc3C(F)(F)F)cc(C(=O)N(C)CC(C)C)c12. The van der Waals surface area contributed by atoms with Crippen LogP contribution in [-0.4, -0.2) is 34.5 Å². The summed E-state index contributed by atoms with van der Waals surface area (Å²) in [5.74, 6) is -0.0848. The zero-order valence-corrected chi connectivity index (χ0v) is 16.0. The van der Waals surface area contributed by atoms with Crippen LogP contribution in [0.2, 0.25) is 0 Å². The number of hydrogen-bond acceptors (Lipinski definition) is 4. The lowest BCUT2D eigenvalue weighted by atomic mass is 10.00. The van der Waals surface area contributed by atoms with Crippen molar-refractivity contribution in [1.29, 1.82) is 0 Å². The van der Waals surface area contributed by atoms with Crippen molar-refractivity contribution >= 4 is 17.0 Å². The Hall–Kier alpha value is -2.90. The molecule has 0 spiro atoms. The minimum atomic E-state index is -4.55. The number of aromatic nitrogens is 2. The summed E-state index contributed by atoms with van der Waals surface area (Å²) in [6, 6.07) is 6.50. The highest BCUT2D eigenvalue weighted by Gasteiger charge is 2.34. The zero-order valence-electron chi connectivity index (χ0n) is 16.0. The smallest absolute Gasteiger partial charge is 0.341 e. The minimum Gasteiger partial charge on any atom is -0.341 e. The van der Waals surface area contributed by atoms with Crippen LogP contribution in [0.15, 0.2) is 34.9 Å². The minimum absolute atomic E-state index is 0.0119. The molecule has 0 saturated heterocycles. The molecule has 0 radical (unpaired) electrons. The van der Waals surface area contributed by atoms with Crippen LogP contribution in [0.3, 0.4) is 0 Å². The van der Waals surface area contributed by atoms with Gasteiger partial charge in [-0.3, -0.25) is 4.79 Å². The van der Waals surface area contributed by atoms with Gasteiger partial charge in [0.2, 0.25) is 0 Å². The van der Waals surface area contributed by atoms with Gasteiger partial charge in [-0.2, -0.15) is 13.2 Å². The van der Waals surface area contributed by atoms with Crippen molar-refractivity contribution in [2.75, 3.05) is 13.6 Å². The first-order chi connectivity index (χ1) is 13.1. The van der Waals surface area contributed by atoms with Gasteiger partial charge in [0.1, 0.15) is 0 Å². The van der Waals surface area contributed by atoms with Gasteiger partial charge < -0.3 is 9.42 Å². The van der Waals surface area contributed by atoms with E-state index in [1.165, 1.54) is 29.2 Å². The van der Waals surface area contributed by atoms with Gasteiger partial charge in [-0.05, 0) is 25.0 Å². The summed E-state index contributed by atoms with van der Waals surface area (Å²) in [5.41, 5.74) is -0.219. The molecule has 3 rings (SSSR count). The Kier molecular flexibility index (Phi) is 5.14.